The van der Waals surface area contributed by atoms with Crippen LogP contribution >= 0.6 is 11.3 Å². The first-order chi connectivity index (χ1) is 13.2. The van der Waals surface area contributed by atoms with Crippen LogP contribution in [0.25, 0.3) is 0 Å². The molecule has 0 saturated heterocycles. The van der Waals surface area contributed by atoms with E-state index in [1.54, 1.807) is 19.9 Å². The number of nitrogens with one attached hydrogen (secondary N) is 1. The van der Waals surface area contributed by atoms with Gasteiger partial charge in [0.2, 0.25) is 0 Å². The zero-order chi connectivity index (χ0) is 20.9. The number of alkyl halides is 3. The fraction of sp³-hybridized carbons (Fsp3) is 0.500. The molecule has 1 aromatic rings. The number of nitrogens with zero attached hydrogens (tertiary/aromatic N) is 1. The maximum absolute atomic E-state index is 14.0. The number of hydrogen-bond acceptors (Lipinski definition) is 6. The third-order valence-electron chi connectivity index (χ3n) is 4.10. The number of rotatable bonds is 7. The molecule has 1 unspecified atom stereocenters. The van der Waals surface area contributed by atoms with Gasteiger partial charge in [-0.15, -0.1) is 11.3 Å². The number of carbonyl (C=O) groups is 2. The Morgan fingerprint density at radius 3 is 2.50 bits per heavy atom. The third kappa shape index (κ3) is 4.12. The highest BCUT2D eigenvalue weighted by atomic mass is 32.1. The Bertz CT molecular complexity index is 801. The zero-order valence-electron chi connectivity index (χ0n) is 15.7. The van der Waals surface area contributed by atoms with Gasteiger partial charge in [-0.3, -0.25) is 4.79 Å². The van der Waals surface area contributed by atoms with E-state index in [2.05, 4.69) is 10.3 Å². The molecule has 1 atom stereocenters. The third-order valence-corrected chi connectivity index (χ3v) is 5.21. The van der Waals surface area contributed by atoms with Crippen molar-refractivity contribution in [3.63, 3.8) is 0 Å². The lowest BCUT2D eigenvalue weighted by molar-refractivity contribution is -0.243. The first-order valence-corrected chi connectivity index (χ1v) is 9.50. The Hall–Kier alpha value is -2.20. The van der Waals surface area contributed by atoms with Gasteiger partial charge in [0.15, 0.2) is 5.69 Å². The number of aryl methyl sites for hydroxylation is 1. The second-order valence-corrected chi connectivity index (χ2v) is 6.92. The van der Waals surface area contributed by atoms with Crippen LogP contribution in [0.2, 0.25) is 0 Å². The van der Waals surface area contributed by atoms with E-state index in [9.17, 15) is 22.8 Å². The highest BCUT2D eigenvalue weighted by molar-refractivity contribution is 7.16. The lowest BCUT2D eigenvalue weighted by Gasteiger charge is -2.34. The molecule has 0 radical (unpaired) electrons. The summed E-state index contributed by atoms with van der Waals surface area (Å²) in [6.45, 7) is 3.42. The molecular weight excluding hydrogens is 397 g/mol. The van der Waals surface area contributed by atoms with Gasteiger partial charge in [0.05, 0.1) is 11.6 Å². The Balaban J connectivity index is 2.47. The van der Waals surface area contributed by atoms with Crippen molar-refractivity contribution in [3.8, 4) is 0 Å². The molecule has 10 heteroatoms. The minimum Gasteiger partial charge on any atom is -0.461 e. The Morgan fingerprint density at radius 2 is 2.00 bits per heavy atom. The number of aromatic nitrogens is 1. The maximum Gasteiger partial charge on any atom is 0.430 e. The summed E-state index contributed by atoms with van der Waals surface area (Å²) >= 11 is 0.922. The summed E-state index contributed by atoms with van der Waals surface area (Å²) < 4.78 is 51.7. The normalized spacial score (nSPS) is 16.3. The molecule has 0 fully saturated rings. The fourth-order valence-electron chi connectivity index (χ4n) is 2.75. The summed E-state index contributed by atoms with van der Waals surface area (Å²) in [6.07, 6.45) is 0.453. The molecule has 0 aliphatic heterocycles. The van der Waals surface area contributed by atoms with Crippen molar-refractivity contribution in [1.29, 1.82) is 0 Å². The topological polar surface area (TPSA) is 77.5 Å². The summed E-state index contributed by atoms with van der Waals surface area (Å²) in [7, 11) is 0.826. The summed E-state index contributed by atoms with van der Waals surface area (Å²) in [5.74, 6) is -2.27. The second-order valence-electron chi connectivity index (χ2n) is 5.84. The molecule has 0 saturated carbocycles. The zero-order valence-corrected chi connectivity index (χ0v) is 16.5. The standard InChI is InChI=1S/C18H21F3N2O4S/c1-4-12-22-13(15(24)27-5-2)14(28-12)23-16(25)17(26-3,18(19,20)21)11-9-7-6-8-10-11/h7,9-10H,4-6,8H2,1-3H3,(H,23,25). The summed E-state index contributed by atoms with van der Waals surface area (Å²) in [4.78, 5) is 29.0. The summed E-state index contributed by atoms with van der Waals surface area (Å²) in [5.41, 5.74) is -3.73. The average Bonchev–Trinajstić information content (AvgIpc) is 3.05. The van der Waals surface area contributed by atoms with Gasteiger partial charge in [-0.2, -0.15) is 13.2 Å². The molecule has 6 nitrogen and oxygen atoms in total. The molecule has 1 heterocycles. The largest absolute Gasteiger partial charge is 0.461 e. The fourth-order valence-corrected chi connectivity index (χ4v) is 3.64. The van der Waals surface area contributed by atoms with Crippen LogP contribution in [0, 0.1) is 0 Å². The van der Waals surface area contributed by atoms with Crippen molar-refractivity contribution in [2.24, 2.45) is 0 Å². The van der Waals surface area contributed by atoms with Crippen LogP contribution in [-0.2, 0) is 20.7 Å². The van der Waals surface area contributed by atoms with E-state index < -0.39 is 23.7 Å². The highest BCUT2D eigenvalue weighted by Crippen LogP contribution is 2.42. The van der Waals surface area contributed by atoms with Crippen molar-refractivity contribution in [1.82, 2.24) is 4.98 Å². The van der Waals surface area contributed by atoms with E-state index in [-0.39, 0.29) is 22.9 Å². The van der Waals surface area contributed by atoms with E-state index in [1.807, 2.05) is 0 Å². The van der Waals surface area contributed by atoms with Gasteiger partial charge in [-0.25, -0.2) is 9.78 Å². The minimum atomic E-state index is -5.03. The predicted octanol–water partition coefficient (Wildman–Crippen LogP) is 4.04. The molecule has 0 bridgehead atoms. The minimum absolute atomic E-state index is 0.0629. The molecule has 154 valence electrons. The molecule has 1 amide bonds. The van der Waals surface area contributed by atoms with Gasteiger partial charge in [0, 0.05) is 7.11 Å². The van der Waals surface area contributed by atoms with E-state index in [0.29, 0.717) is 24.3 Å². The summed E-state index contributed by atoms with van der Waals surface area (Å²) in [6, 6.07) is 0. The van der Waals surface area contributed by atoms with Crippen LogP contribution < -0.4 is 5.32 Å². The van der Waals surface area contributed by atoms with Gasteiger partial charge in [-0.05, 0) is 31.8 Å². The number of halogens is 3. The monoisotopic (exact) mass is 418 g/mol. The molecule has 2 rings (SSSR count). The highest BCUT2D eigenvalue weighted by Gasteiger charge is 2.63. The van der Waals surface area contributed by atoms with Gasteiger partial charge in [0.25, 0.3) is 11.5 Å². The van der Waals surface area contributed by atoms with Crippen molar-refractivity contribution < 1.29 is 32.2 Å². The molecule has 28 heavy (non-hydrogen) atoms. The number of carbonyl (C=O) groups excluding carboxylic acids is 2. The SMILES string of the molecule is CCOC(=O)c1nc(CC)sc1NC(=O)C(OC)(C1=CCCC=C1)C(F)(F)F. The van der Waals surface area contributed by atoms with E-state index in [1.165, 1.54) is 12.2 Å². The second kappa shape index (κ2) is 8.87. The van der Waals surface area contributed by atoms with Gasteiger partial charge >= 0.3 is 12.1 Å². The van der Waals surface area contributed by atoms with Gasteiger partial charge < -0.3 is 14.8 Å². The number of methoxy groups -OCH3 is 1. The maximum atomic E-state index is 14.0. The van der Waals surface area contributed by atoms with Crippen LogP contribution in [-0.4, -0.2) is 42.4 Å². The molecule has 1 aliphatic rings. The molecule has 1 aliphatic carbocycles. The quantitative estimate of drug-likeness (QED) is 0.676. The Kier molecular flexibility index (Phi) is 7.00. The van der Waals surface area contributed by atoms with Crippen molar-refractivity contribution in [2.75, 3.05) is 19.0 Å². The van der Waals surface area contributed by atoms with Crippen LogP contribution in [0.1, 0.15) is 42.2 Å². The van der Waals surface area contributed by atoms with Crippen LogP contribution in [0.4, 0.5) is 18.2 Å². The van der Waals surface area contributed by atoms with Gasteiger partial charge in [0.1, 0.15) is 5.00 Å². The average molecular weight is 418 g/mol. The van der Waals surface area contributed by atoms with E-state index >= 15 is 0 Å². The molecule has 1 aromatic heterocycles. The van der Waals surface area contributed by atoms with Crippen LogP contribution in [0.5, 0.6) is 0 Å². The first-order valence-electron chi connectivity index (χ1n) is 8.68. The predicted molar refractivity (Wildman–Crippen MR) is 98.3 cm³/mol. The lowest BCUT2D eigenvalue weighted by atomic mass is 9.87. The number of amides is 1. The Labute approximate surface area is 164 Å². The number of allylic oxidation sites excluding steroid dienone is 2. The summed E-state index contributed by atoms with van der Waals surface area (Å²) in [5, 5.41) is 2.57. The molecule has 1 N–H and O–H groups in total. The Morgan fingerprint density at radius 1 is 1.29 bits per heavy atom. The number of hydrogen-bond donors (Lipinski definition) is 1. The number of ether oxygens (including phenoxy) is 2. The van der Waals surface area contributed by atoms with Crippen molar-refractivity contribution in [3.05, 3.63) is 34.5 Å². The van der Waals surface area contributed by atoms with Crippen molar-refractivity contribution >= 4 is 28.2 Å². The number of anilines is 1. The van der Waals surface area contributed by atoms with Crippen molar-refractivity contribution in [2.45, 2.75) is 44.9 Å². The molecular formula is C18H21F3N2O4S. The molecule has 0 aromatic carbocycles. The van der Waals surface area contributed by atoms with E-state index in [4.69, 9.17) is 9.47 Å². The molecule has 0 spiro atoms. The van der Waals surface area contributed by atoms with Crippen LogP contribution in [0.15, 0.2) is 23.8 Å². The number of esters is 1. The van der Waals surface area contributed by atoms with E-state index in [0.717, 1.165) is 18.4 Å². The van der Waals surface area contributed by atoms with Crippen LogP contribution in [0.3, 0.4) is 0 Å². The lowest BCUT2D eigenvalue weighted by Crippen LogP contribution is -2.57. The van der Waals surface area contributed by atoms with Gasteiger partial charge in [-0.1, -0.05) is 25.2 Å². The smallest absolute Gasteiger partial charge is 0.430 e. The number of thiazole rings is 1. The first kappa shape index (κ1) is 22.1.